The Hall–Kier alpha value is -1.29. The van der Waals surface area contributed by atoms with Gasteiger partial charge in [0.15, 0.2) is 22.9 Å². The van der Waals surface area contributed by atoms with Gasteiger partial charge in [0.1, 0.15) is 0 Å². The summed E-state index contributed by atoms with van der Waals surface area (Å²) in [5, 5.41) is 0.847. The molecule has 0 fully saturated rings. The van der Waals surface area contributed by atoms with Crippen molar-refractivity contribution in [1.82, 2.24) is 0 Å². The summed E-state index contributed by atoms with van der Waals surface area (Å²) in [7, 11) is 1.57. The third-order valence-corrected chi connectivity index (χ3v) is 2.85. The van der Waals surface area contributed by atoms with Gasteiger partial charge in [-0.05, 0) is 18.2 Å². The van der Waals surface area contributed by atoms with E-state index in [1.54, 1.807) is 19.2 Å². The van der Waals surface area contributed by atoms with Gasteiger partial charge in [0.05, 0.1) is 7.11 Å². The van der Waals surface area contributed by atoms with Crippen LogP contribution in [0.3, 0.4) is 0 Å². The van der Waals surface area contributed by atoms with Crippen molar-refractivity contribution >= 4 is 32.7 Å². The van der Waals surface area contributed by atoms with Crippen molar-refractivity contribution in [3.8, 4) is 5.75 Å². The first-order valence-corrected chi connectivity index (χ1v) is 5.19. The molecule has 1 heterocycles. The fourth-order valence-electron chi connectivity index (χ4n) is 1.40. The normalized spacial score (nSPS) is 10.6. The van der Waals surface area contributed by atoms with E-state index in [-0.39, 0.29) is 5.78 Å². The number of carbonyl (C=O) groups excluding carboxylic acids is 1. The number of halogens is 1. The summed E-state index contributed by atoms with van der Waals surface area (Å²) >= 11 is 3.40. The maximum absolute atomic E-state index is 11.2. The van der Waals surface area contributed by atoms with Gasteiger partial charge in [0.25, 0.3) is 0 Å². The number of ether oxygens (including phenoxy) is 1. The Balaban J connectivity index is 2.77. The van der Waals surface area contributed by atoms with Crippen LogP contribution in [-0.4, -0.2) is 12.9 Å². The monoisotopic (exact) mass is 268 g/mol. The van der Waals surface area contributed by atoms with Crippen molar-refractivity contribution in [2.75, 3.05) is 7.11 Å². The van der Waals surface area contributed by atoms with Crippen LogP contribution in [0.5, 0.6) is 5.75 Å². The Labute approximate surface area is 95.1 Å². The summed E-state index contributed by atoms with van der Waals surface area (Å²) in [5.41, 5.74) is 0.595. The van der Waals surface area contributed by atoms with Crippen molar-refractivity contribution < 1.29 is 13.9 Å². The zero-order valence-corrected chi connectivity index (χ0v) is 9.92. The Morgan fingerprint density at radius 2 is 2.20 bits per heavy atom. The van der Waals surface area contributed by atoms with Gasteiger partial charge in [0.2, 0.25) is 0 Å². The molecule has 0 aliphatic carbocycles. The van der Waals surface area contributed by atoms with E-state index in [1.165, 1.54) is 6.92 Å². The standard InChI is InChI=1S/C11H9BrO3/c1-6(13)10-5-7-8(12)3-4-9(14-2)11(7)15-10/h3-5H,1-2H3. The fraction of sp³-hybridized carbons (Fsp3) is 0.182. The molecule has 1 aromatic heterocycles. The number of benzene rings is 1. The molecule has 3 nitrogen and oxygen atoms in total. The van der Waals surface area contributed by atoms with Gasteiger partial charge in [-0.15, -0.1) is 0 Å². The van der Waals surface area contributed by atoms with E-state index >= 15 is 0 Å². The van der Waals surface area contributed by atoms with Gasteiger partial charge in [0, 0.05) is 16.8 Å². The number of hydrogen-bond donors (Lipinski definition) is 0. The highest BCUT2D eigenvalue weighted by molar-refractivity contribution is 9.10. The minimum atomic E-state index is -0.0971. The minimum Gasteiger partial charge on any atom is -0.493 e. The molecular weight excluding hydrogens is 260 g/mol. The maximum Gasteiger partial charge on any atom is 0.194 e. The summed E-state index contributed by atoms with van der Waals surface area (Å²) in [5.74, 6) is 0.871. The molecule has 0 bridgehead atoms. The molecule has 0 unspecified atom stereocenters. The molecule has 0 atom stereocenters. The fourth-order valence-corrected chi connectivity index (χ4v) is 1.83. The van der Waals surface area contributed by atoms with E-state index < -0.39 is 0 Å². The Bertz CT molecular complexity index is 528. The maximum atomic E-state index is 11.2. The first-order valence-electron chi connectivity index (χ1n) is 4.40. The Morgan fingerprint density at radius 3 is 2.80 bits per heavy atom. The van der Waals surface area contributed by atoms with Gasteiger partial charge >= 0.3 is 0 Å². The van der Waals surface area contributed by atoms with Crippen LogP contribution in [0.4, 0.5) is 0 Å². The van der Waals surface area contributed by atoms with Crippen LogP contribution in [0, 0.1) is 0 Å². The zero-order chi connectivity index (χ0) is 11.0. The average molecular weight is 269 g/mol. The first-order chi connectivity index (χ1) is 7.13. The van der Waals surface area contributed by atoms with Gasteiger partial charge in [-0.3, -0.25) is 4.79 Å². The number of ketones is 1. The van der Waals surface area contributed by atoms with Gasteiger partial charge in [-0.25, -0.2) is 0 Å². The summed E-state index contributed by atoms with van der Waals surface area (Å²) < 4.78 is 11.5. The van der Waals surface area contributed by atoms with Crippen LogP contribution in [0.25, 0.3) is 11.0 Å². The molecule has 0 amide bonds. The number of methoxy groups -OCH3 is 1. The molecule has 78 valence electrons. The van der Waals surface area contributed by atoms with Gasteiger partial charge in [-0.2, -0.15) is 0 Å². The van der Waals surface area contributed by atoms with Crippen molar-refractivity contribution in [1.29, 1.82) is 0 Å². The quantitative estimate of drug-likeness (QED) is 0.784. The minimum absolute atomic E-state index is 0.0971. The molecular formula is C11H9BrO3. The summed E-state index contributed by atoms with van der Waals surface area (Å²) in [4.78, 5) is 11.2. The van der Waals surface area contributed by atoms with Crippen molar-refractivity contribution in [2.45, 2.75) is 6.92 Å². The average Bonchev–Trinajstić information content (AvgIpc) is 2.64. The Morgan fingerprint density at radius 1 is 1.47 bits per heavy atom. The molecule has 0 spiro atoms. The lowest BCUT2D eigenvalue weighted by atomic mass is 10.2. The zero-order valence-electron chi connectivity index (χ0n) is 8.33. The number of Topliss-reactive ketones (excluding diaryl/α,β-unsaturated/α-hetero) is 1. The SMILES string of the molecule is COc1ccc(Br)c2cc(C(C)=O)oc12. The van der Waals surface area contributed by atoms with Gasteiger partial charge < -0.3 is 9.15 Å². The molecule has 4 heteroatoms. The molecule has 0 aliphatic rings. The molecule has 0 radical (unpaired) electrons. The van der Waals surface area contributed by atoms with Crippen LogP contribution in [0.2, 0.25) is 0 Å². The second-order valence-corrected chi connectivity index (χ2v) is 4.01. The van der Waals surface area contributed by atoms with E-state index in [0.717, 1.165) is 9.86 Å². The highest BCUT2D eigenvalue weighted by Gasteiger charge is 2.13. The number of hydrogen-bond acceptors (Lipinski definition) is 3. The first kappa shape index (κ1) is 10.2. The summed E-state index contributed by atoms with van der Waals surface area (Å²) in [6, 6.07) is 5.37. The van der Waals surface area contributed by atoms with Crippen LogP contribution in [-0.2, 0) is 0 Å². The lowest BCUT2D eigenvalue weighted by Gasteiger charge is -2.00. The molecule has 2 rings (SSSR count). The van der Waals surface area contributed by atoms with Gasteiger partial charge in [-0.1, -0.05) is 15.9 Å². The topological polar surface area (TPSA) is 39.4 Å². The molecule has 0 aliphatic heterocycles. The predicted octanol–water partition coefficient (Wildman–Crippen LogP) is 3.41. The predicted molar refractivity (Wildman–Crippen MR) is 60.5 cm³/mol. The van der Waals surface area contributed by atoms with Crippen LogP contribution >= 0.6 is 15.9 Å². The van der Waals surface area contributed by atoms with E-state index in [2.05, 4.69) is 15.9 Å². The Kier molecular flexibility index (Phi) is 2.52. The molecule has 1 aromatic carbocycles. The van der Waals surface area contributed by atoms with Crippen LogP contribution in [0.15, 0.2) is 27.1 Å². The molecule has 0 saturated carbocycles. The van der Waals surface area contributed by atoms with Crippen LogP contribution < -0.4 is 4.74 Å². The van der Waals surface area contributed by atoms with Crippen molar-refractivity contribution in [3.05, 3.63) is 28.4 Å². The van der Waals surface area contributed by atoms with E-state index in [0.29, 0.717) is 17.1 Å². The smallest absolute Gasteiger partial charge is 0.194 e. The second kappa shape index (κ2) is 3.70. The number of carbonyl (C=O) groups is 1. The lowest BCUT2D eigenvalue weighted by molar-refractivity contribution is 0.0989. The number of furan rings is 1. The largest absolute Gasteiger partial charge is 0.493 e. The molecule has 2 aromatic rings. The third-order valence-electron chi connectivity index (χ3n) is 2.16. The van der Waals surface area contributed by atoms with E-state index in [9.17, 15) is 4.79 Å². The number of rotatable bonds is 2. The highest BCUT2D eigenvalue weighted by atomic mass is 79.9. The molecule has 0 saturated heterocycles. The van der Waals surface area contributed by atoms with E-state index in [1.807, 2.05) is 6.07 Å². The summed E-state index contributed by atoms with van der Waals surface area (Å²) in [6.07, 6.45) is 0. The van der Waals surface area contributed by atoms with Crippen molar-refractivity contribution in [2.24, 2.45) is 0 Å². The highest BCUT2D eigenvalue weighted by Crippen LogP contribution is 2.34. The molecule has 0 N–H and O–H groups in total. The van der Waals surface area contributed by atoms with E-state index in [4.69, 9.17) is 9.15 Å². The molecule has 15 heavy (non-hydrogen) atoms. The third kappa shape index (κ3) is 1.65. The summed E-state index contributed by atoms with van der Waals surface area (Å²) in [6.45, 7) is 1.47. The van der Waals surface area contributed by atoms with Crippen LogP contribution in [0.1, 0.15) is 17.5 Å². The van der Waals surface area contributed by atoms with Crippen molar-refractivity contribution in [3.63, 3.8) is 0 Å². The number of fused-ring (bicyclic) bond motifs is 1. The second-order valence-electron chi connectivity index (χ2n) is 3.16. The lowest BCUT2D eigenvalue weighted by Crippen LogP contribution is -1.85.